The maximum absolute atomic E-state index is 12.2. The van der Waals surface area contributed by atoms with Crippen molar-refractivity contribution in [2.45, 2.75) is 13.2 Å². The van der Waals surface area contributed by atoms with E-state index in [2.05, 4.69) is 41.8 Å². The average molecular weight is 605 g/mol. The molecule has 4 aromatic rings. The molecule has 7 nitrogen and oxygen atoms in total. The third kappa shape index (κ3) is 7.68. The SMILES string of the molecule is O=[P+](OCc1cccc(Oc2cccc(Br)n2)c1)OCc1cccc(Oc2cccc(Br)n2)c1. The van der Waals surface area contributed by atoms with Gasteiger partial charge in [0.2, 0.25) is 11.8 Å². The Bertz CT molecular complexity index is 1190. The largest absolute Gasteiger partial charge is 0.698 e. The minimum atomic E-state index is -2.32. The Morgan fingerprint density at radius 2 is 1.09 bits per heavy atom. The van der Waals surface area contributed by atoms with Crippen LogP contribution in [-0.2, 0) is 26.8 Å². The molecule has 0 aliphatic carbocycles. The number of benzene rings is 2. The summed E-state index contributed by atoms with van der Waals surface area (Å²) in [5.74, 6) is 2.12. The summed E-state index contributed by atoms with van der Waals surface area (Å²) in [7, 11) is -2.32. The van der Waals surface area contributed by atoms with E-state index >= 15 is 0 Å². The second-order valence-electron chi connectivity index (χ2n) is 6.87. The van der Waals surface area contributed by atoms with Crippen molar-refractivity contribution in [1.29, 1.82) is 0 Å². The molecule has 2 aromatic carbocycles. The van der Waals surface area contributed by atoms with E-state index < -0.39 is 8.25 Å². The summed E-state index contributed by atoms with van der Waals surface area (Å²) in [4.78, 5) is 8.48. The van der Waals surface area contributed by atoms with Crippen LogP contribution in [0.1, 0.15) is 11.1 Å². The number of pyridine rings is 2. The summed E-state index contributed by atoms with van der Waals surface area (Å²) in [6.45, 7) is 0.214. The predicted octanol–water partition coefficient (Wildman–Crippen LogP) is 7.98. The highest BCUT2D eigenvalue weighted by atomic mass is 79.9. The van der Waals surface area contributed by atoms with Crippen LogP contribution >= 0.6 is 40.1 Å². The van der Waals surface area contributed by atoms with Gasteiger partial charge >= 0.3 is 8.25 Å². The van der Waals surface area contributed by atoms with Crippen molar-refractivity contribution in [2.24, 2.45) is 0 Å². The number of hydrogen-bond acceptors (Lipinski definition) is 7. The molecule has 172 valence electrons. The van der Waals surface area contributed by atoms with Crippen LogP contribution in [0.4, 0.5) is 0 Å². The van der Waals surface area contributed by atoms with Crippen LogP contribution < -0.4 is 9.47 Å². The summed E-state index contributed by atoms with van der Waals surface area (Å²) in [5, 5.41) is 0. The molecular weight excluding hydrogens is 587 g/mol. The fraction of sp³-hybridized carbons (Fsp3) is 0.0833. The van der Waals surface area contributed by atoms with Gasteiger partial charge in [0.05, 0.1) is 0 Å². The predicted molar refractivity (Wildman–Crippen MR) is 134 cm³/mol. The van der Waals surface area contributed by atoms with Gasteiger partial charge in [0, 0.05) is 16.7 Å². The lowest BCUT2D eigenvalue weighted by atomic mass is 10.2. The van der Waals surface area contributed by atoms with Crippen molar-refractivity contribution < 1.29 is 23.1 Å². The van der Waals surface area contributed by atoms with E-state index in [1.807, 2.05) is 48.5 Å². The van der Waals surface area contributed by atoms with Crippen molar-refractivity contribution >= 4 is 40.1 Å². The monoisotopic (exact) mass is 603 g/mol. The second kappa shape index (κ2) is 12.1. The zero-order valence-corrected chi connectivity index (χ0v) is 21.7. The fourth-order valence-corrected chi connectivity index (χ4v) is 4.06. The molecule has 0 aliphatic heterocycles. The Kier molecular flexibility index (Phi) is 8.73. The van der Waals surface area contributed by atoms with E-state index in [-0.39, 0.29) is 13.2 Å². The molecule has 0 fully saturated rings. The topological polar surface area (TPSA) is 79.8 Å². The summed E-state index contributed by atoms with van der Waals surface area (Å²) in [5.41, 5.74) is 1.58. The highest BCUT2D eigenvalue weighted by molar-refractivity contribution is 9.10. The van der Waals surface area contributed by atoms with Gasteiger partial charge in [-0.05, 0) is 79.4 Å². The Labute approximate surface area is 214 Å². The van der Waals surface area contributed by atoms with Crippen LogP contribution in [0.2, 0.25) is 0 Å². The van der Waals surface area contributed by atoms with Gasteiger partial charge in [-0.1, -0.05) is 36.4 Å². The lowest BCUT2D eigenvalue weighted by molar-refractivity contribution is 0.212. The van der Waals surface area contributed by atoms with E-state index in [4.69, 9.17) is 18.5 Å². The maximum Gasteiger partial charge on any atom is 0.698 e. The van der Waals surface area contributed by atoms with Gasteiger partial charge in [0.25, 0.3) is 0 Å². The van der Waals surface area contributed by atoms with E-state index in [0.717, 1.165) is 11.1 Å². The standard InChI is InChI=1S/C24H18Br2N2O5P/c25-21-9-3-11-23(27-21)32-19-7-1-5-17(13-19)15-30-34(29)31-16-18-6-2-8-20(14-18)33-24-12-4-10-22(26)28-24/h1-14H,15-16H2/q+1. The molecule has 0 saturated heterocycles. The van der Waals surface area contributed by atoms with Gasteiger partial charge in [-0.15, -0.1) is 9.05 Å². The minimum absolute atomic E-state index is 0.107. The molecule has 0 atom stereocenters. The number of hydrogen-bond donors (Lipinski definition) is 0. The van der Waals surface area contributed by atoms with Crippen molar-refractivity contribution in [3.8, 4) is 23.3 Å². The van der Waals surface area contributed by atoms with Crippen LogP contribution in [0.3, 0.4) is 0 Å². The maximum atomic E-state index is 12.2. The van der Waals surface area contributed by atoms with Crippen molar-refractivity contribution in [1.82, 2.24) is 9.97 Å². The second-order valence-corrected chi connectivity index (χ2v) is 9.46. The first-order valence-corrected chi connectivity index (χ1v) is 12.7. The first-order chi connectivity index (χ1) is 16.5. The molecule has 0 saturated carbocycles. The quantitative estimate of drug-likeness (QED) is 0.134. The van der Waals surface area contributed by atoms with Gasteiger partial charge in [-0.3, -0.25) is 0 Å². The number of nitrogens with zero attached hydrogens (tertiary/aromatic N) is 2. The zero-order valence-electron chi connectivity index (χ0n) is 17.6. The number of ether oxygens (including phenoxy) is 2. The summed E-state index contributed by atoms with van der Waals surface area (Å²) in [6.07, 6.45) is 0. The van der Waals surface area contributed by atoms with Gasteiger partial charge in [-0.25, -0.2) is 9.97 Å². The molecular formula is C24H18Br2N2O5P+. The smallest absolute Gasteiger partial charge is 0.439 e. The van der Waals surface area contributed by atoms with Crippen molar-refractivity contribution in [3.63, 3.8) is 0 Å². The van der Waals surface area contributed by atoms with Gasteiger partial charge in [0.15, 0.2) is 0 Å². The Balaban J connectivity index is 1.27. The minimum Gasteiger partial charge on any atom is -0.439 e. The molecule has 0 spiro atoms. The van der Waals surface area contributed by atoms with Crippen molar-refractivity contribution in [2.75, 3.05) is 0 Å². The van der Waals surface area contributed by atoms with Crippen LogP contribution in [0, 0.1) is 0 Å². The van der Waals surface area contributed by atoms with Crippen LogP contribution in [0.5, 0.6) is 23.3 Å². The lowest BCUT2D eigenvalue weighted by Crippen LogP contribution is -1.93. The summed E-state index contributed by atoms with van der Waals surface area (Å²) in [6, 6.07) is 25.4. The Morgan fingerprint density at radius 1 is 0.647 bits per heavy atom. The molecule has 10 heteroatoms. The molecule has 2 heterocycles. The number of aromatic nitrogens is 2. The fourth-order valence-electron chi connectivity index (χ4n) is 2.82. The van der Waals surface area contributed by atoms with Crippen molar-refractivity contribution in [3.05, 3.63) is 105 Å². The number of rotatable bonds is 10. The van der Waals surface area contributed by atoms with Gasteiger partial charge in [-0.2, -0.15) is 0 Å². The highest BCUT2D eigenvalue weighted by Crippen LogP contribution is 2.30. The van der Waals surface area contributed by atoms with E-state index in [0.29, 0.717) is 32.5 Å². The number of halogens is 2. The Hall–Kier alpha value is -2.68. The molecule has 0 aliphatic rings. The average Bonchev–Trinajstić information content (AvgIpc) is 2.82. The first-order valence-electron chi connectivity index (χ1n) is 10.1. The molecule has 0 amide bonds. The molecule has 0 radical (unpaired) electrons. The van der Waals surface area contributed by atoms with E-state index in [1.54, 1.807) is 36.4 Å². The normalized spacial score (nSPS) is 10.6. The molecule has 4 rings (SSSR count). The molecule has 34 heavy (non-hydrogen) atoms. The van der Waals surface area contributed by atoms with Gasteiger partial charge < -0.3 is 9.47 Å². The highest BCUT2D eigenvalue weighted by Gasteiger charge is 2.21. The zero-order chi connectivity index (χ0) is 23.8. The summed E-state index contributed by atoms with van der Waals surface area (Å²) < 4.78 is 35.8. The van der Waals surface area contributed by atoms with Crippen LogP contribution in [0.25, 0.3) is 0 Å². The van der Waals surface area contributed by atoms with E-state index in [1.165, 1.54) is 0 Å². The third-order valence-corrected chi connectivity index (χ3v) is 5.86. The van der Waals surface area contributed by atoms with E-state index in [9.17, 15) is 4.57 Å². The lowest BCUT2D eigenvalue weighted by Gasteiger charge is -2.06. The van der Waals surface area contributed by atoms with Crippen LogP contribution in [-0.4, -0.2) is 9.97 Å². The molecule has 0 bridgehead atoms. The molecule has 0 N–H and O–H groups in total. The first kappa shape index (κ1) is 24.4. The third-order valence-electron chi connectivity index (χ3n) is 4.29. The Morgan fingerprint density at radius 3 is 1.53 bits per heavy atom. The molecule has 2 aromatic heterocycles. The van der Waals surface area contributed by atoms with Crippen LogP contribution in [0.15, 0.2) is 94.1 Å². The van der Waals surface area contributed by atoms with Gasteiger partial charge in [0.1, 0.15) is 33.9 Å². The summed E-state index contributed by atoms with van der Waals surface area (Å²) >= 11 is 6.63. The molecule has 0 unspecified atom stereocenters.